The normalized spacial score (nSPS) is 10.6. The van der Waals surface area contributed by atoms with Crippen molar-refractivity contribution in [2.24, 2.45) is 0 Å². The zero-order chi connectivity index (χ0) is 23.4. The molecule has 11 heteroatoms. The van der Waals surface area contributed by atoms with Gasteiger partial charge in [0.05, 0.1) is 22.2 Å². The van der Waals surface area contributed by atoms with Crippen LogP contribution in [0.3, 0.4) is 0 Å². The van der Waals surface area contributed by atoms with E-state index in [0.717, 1.165) is 23.3 Å². The van der Waals surface area contributed by atoms with Crippen molar-refractivity contribution in [3.8, 4) is 11.4 Å². The lowest BCUT2D eigenvalue weighted by Gasteiger charge is -2.09. The van der Waals surface area contributed by atoms with Crippen molar-refractivity contribution in [2.45, 2.75) is 6.54 Å². The van der Waals surface area contributed by atoms with Gasteiger partial charge in [-0.1, -0.05) is 65.7 Å². The third-order valence-corrected chi connectivity index (χ3v) is 5.17. The fraction of sp³-hybridized carbons (Fsp3) is 0.0455. The average molecular weight is 485 g/mol. The van der Waals surface area contributed by atoms with E-state index in [1.54, 1.807) is 24.3 Å². The third kappa shape index (κ3) is 5.33. The van der Waals surface area contributed by atoms with Gasteiger partial charge < -0.3 is 0 Å². The number of amides is 2. The second-order valence-corrected chi connectivity index (χ2v) is 7.68. The molecule has 0 fully saturated rings. The van der Waals surface area contributed by atoms with Crippen molar-refractivity contribution in [1.82, 2.24) is 31.1 Å². The van der Waals surface area contributed by atoms with Crippen LogP contribution in [0.5, 0.6) is 0 Å². The van der Waals surface area contributed by atoms with Gasteiger partial charge in [-0.25, -0.2) is 4.39 Å². The molecule has 1 heterocycles. The van der Waals surface area contributed by atoms with Gasteiger partial charge in [0.15, 0.2) is 0 Å². The maximum Gasteiger partial charge on any atom is 0.271 e. The highest BCUT2D eigenvalue weighted by molar-refractivity contribution is 6.36. The van der Waals surface area contributed by atoms with Crippen molar-refractivity contribution in [2.75, 3.05) is 0 Å². The number of hydrogen-bond acceptors (Lipinski definition) is 5. The Labute approximate surface area is 197 Å². The van der Waals surface area contributed by atoms with Crippen molar-refractivity contribution >= 4 is 35.0 Å². The number of halogens is 3. The predicted molar refractivity (Wildman–Crippen MR) is 120 cm³/mol. The maximum absolute atomic E-state index is 13.6. The molecular formula is C22H15Cl2FN6O2. The Morgan fingerprint density at radius 1 is 0.909 bits per heavy atom. The van der Waals surface area contributed by atoms with E-state index < -0.39 is 17.6 Å². The summed E-state index contributed by atoms with van der Waals surface area (Å²) < 4.78 is 13.6. The molecule has 0 spiro atoms. The smallest absolute Gasteiger partial charge is 0.267 e. The number of hydrogen-bond donors (Lipinski definition) is 2. The summed E-state index contributed by atoms with van der Waals surface area (Å²) in [5.41, 5.74) is 6.29. The van der Waals surface area contributed by atoms with Gasteiger partial charge in [-0.2, -0.15) is 4.80 Å². The molecule has 2 amide bonds. The standard InChI is InChI=1S/C22H15Cl2FN6O2/c23-17-11-18(24)19(25)10-16(17)22(33)28-27-21(32)15-8-6-13(7-9-15)12-31-29-20(26-30-31)14-4-2-1-3-5-14/h1-11H,12H2,(H,27,32)(H,28,33). The molecule has 0 saturated carbocycles. The first kappa shape index (κ1) is 22.4. The Balaban J connectivity index is 1.35. The zero-order valence-corrected chi connectivity index (χ0v) is 18.3. The van der Waals surface area contributed by atoms with Crippen LogP contribution < -0.4 is 10.9 Å². The number of rotatable bonds is 5. The predicted octanol–water partition coefficient (Wildman–Crippen LogP) is 3.91. The molecule has 1 aromatic heterocycles. The molecule has 2 N–H and O–H groups in total. The number of aromatic nitrogens is 4. The highest BCUT2D eigenvalue weighted by Crippen LogP contribution is 2.24. The molecule has 0 radical (unpaired) electrons. The summed E-state index contributed by atoms with van der Waals surface area (Å²) in [7, 11) is 0. The van der Waals surface area contributed by atoms with E-state index in [0.29, 0.717) is 17.9 Å². The number of carbonyl (C=O) groups is 2. The van der Waals surface area contributed by atoms with E-state index in [2.05, 4.69) is 26.3 Å². The first-order valence-corrected chi connectivity index (χ1v) is 10.3. The summed E-state index contributed by atoms with van der Waals surface area (Å²) >= 11 is 11.5. The molecule has 4 rings (SSSR count). The van der Waals surface area contributed by atoms with E-state index in [1.165, 1.54) is 4.80 Å². The Kier molecular flexibility index (Phi) is 6.62. The van der Waals surface area contributed by atoms with E-state index >= 15 is 0 Å². The summed E-state index contributed by atoms with van der Waals surface area (Å²) in [6.45, 7) is 0.360. The van der Waals surface area contributed by atoms with Crippen LogP contribution in [0, 0.1) is 5.82 Å². The number of nitrogens with one attached hydrogen (secondary N) is 2. The quantitative estimate of drug-likeness (QED) is 0.330. The van der Waals surface area contributed by atoms with Gasteiger partial charge in [0.25, 0.3) is 11.8 Å². The molecule has 0 aliphatic heterocycles. The zero-order valence-electron chi connectivity index (χ0n) is 16.8. The second kappa shape index (κ2) is 9.76. The molecule has 0 saturated heterocycles. The van der Waals surface area contributed by atoms with Crippen LogP contribution in [0.2, 0.25) is 10.0 Å². The summed E-state index contributed by atoms with van der Waals surface area (Å²) in [5.74, 6) is -1.63. The number of hydrazine groups is 1. The fourth-order valence-corrected chi connectivity index (χ4v) is 3.36. The summed E-state index contributed by atoms with van der Waals surface area (Å²) in [5, 5.41) is 12.2. The summed E-state index contributed by atoms with van der Waals surface area (Å²) in [4.78, 5) is 26.0. The van der Waals surface area contributed by atoms with Crippen LogP contribution in [-0.2, 0) is 6.54 Å². The van der Waals surface area contributed by atoms with Crippen LogP contribution in [0.1, 0.15) is 26.3 Å². The molecule has 166 valence electrons. The monoisotopic (exact) mass is 484 g/mol. The lowest BCUT2D eigenvalue weighted by atomic mass is 10.1. The highest BCUT2D eigenvalue weighted by Gasteiger charge is 2.15. The first-order chi connectivity index (χ1) is 15.9. The molecule has 8 nitrogen and oxygen atoms in total. The van der Waals surface area contributed by atoms with E-state index in [9.17, 15) is 14.0 Å². The topological polar surface area (TPSA) is 102 Å². The number of carbonyl (C=O) groups excluding carboxylic acids is 2. The van der Waals surface area contributed by atoms with Crippen LogP contribution in [0.15, 0.2) is 66.7 Å². The van der Waals surface area contributed by atoms with Crippen molar-refractivity contribution < 1.29 is 14.0 Å². The van der Waals surface area contributed by atoms with Crippen molar-refractivity contribution in [3.05, 3.63) is 99.3 Å². The van der Waals surface area contributed by atoms with Crippen LogP contribution in [0.4, 0.5) is 4.39 Å². The summed E-state index contributed by atoms with van der Waals surface area (Å²) in [6, 6.07) is 18.1. The number of nitrogens with zero attached hydrogens (tertiary/aromatic N) is 4. The fourth-order valence-electron chi connectivity index (χ4n) is 2.89. The largest absolute Gasteiger partial charge is 0.271 e. The molecular weight excluding hydrogens is 470 g/mol. The van der Waals surface area contributed by atoms with Crippen LogP contribution >= 0.6 is 23.2 Å². The maximum atomic E-state index is 13.6. The first-order valence-electron chi connectivity index (χ1n) is 9.58. The van der Waals surface area contributed by atoms with Gasteiger partial charge in [-0.05, 0) is 35.0 Å². The van der Waals surface area contributed by atoms with E-state index in [-0.39, 0.29) is 15.6 Å². The molecule has 33 heavy (non-hydrogen) atoms. The Hall–Kier alpha value is -3.82. The minimum Gasteiger partial charge on any atom is -0.267 e. The average Bonchev–Trinajstić information content (AvgIpc) is 3.29. The van der Waals surface area contributed by atoms with E-state index in [1.807, 2.05) is 30.3 Å². The summed E-state index contributed by atoms with van der Waals surface area (Å²) in [6.07, 6.45) is 0. The molecule has 4 aromatic rings. The van der Waals surface area contributed by atoms with Crippen LogP contribution in [-0.4, -0.2) is 32.0 Å². The molecule has 0 atom stereocenters. The molecule has 3 aromatic carbocycles. The van der Waals surface area contributed by atoms with Gasteiger partial charge in [-0.15, -0.1) is 10.2 Å². The minimum absolute atomic E-state index is 0.0466. The number of benzene rings is 3. The van der Waals surface area contributed by atoms with Gasteiger partial charge in [0, 0.05) is 11.1 Å². The Morgan fingerprint density at radius 2 is 1.61 bits per heavy atom. The van der Waals surface area contributed by atoms with Gasteiger partial charge >= 0.3 is 0 Å². The molecule has 0 bridgehead atoms. The van der Waals surface area contributed by atoms with Crippen molar-refractivity contribution in [1.29, 1.82) is 0 Å². The molecule has 0 unspecified atom stereocenters. The van der Waals surface area contributed by atoms with Gasteiger partial charge in [-0.3, -0.25) is 20.4 Å². The van der Waals surface area contributed by atoms with Gasteiger partial charge in [0.2, 0.25) is 5.82 Å². The lowest BCUT2D eigenvalue weighted by molar-refractivity contribution is 0.0846. The Morgan fingerprint density at radius 3 is 2.33 bits per heavy atom. The SMILES string of the molecule is O=C(NNC(=O)c1cc(F)c(Cl)cc1Cl)c1ccc(Cn2nnc(-c3ccccc3)n2)cc1. The second-order valence-electron chi connectivity index (χ2n) is 6.86. The minimum atomic E-state index is -0.800. The highest BCUT2D eigenvalue weighted by atomic mass is 35.5. The Bertz CT molecular complexity index is 1310. The van der Waals surface area contributed by atoms with Crippen LogP contribution in [0.25, 0.3) is 11.4 Å². The molecule has 0 aliphatic carbocycles. The third-order valence-electron chi connectivity index (χ3n) is 4.57. The van der Waals surface area contributed by atoms with Gasteiger partial charge in [0.1, 0.15) is 5.82 Å². The van der Waals surface area contributed by atoms with E-state index in [4.69, 9.17) is 23.2 Å². The van der Waals surface area contributed by atoms with Crippen molar-refractivity contribution in [3.63, 3.8) is 0 Å². The molecule has 0 aliphatic rings. The number of tetrazole rings is 1. The lowest BCUT2D eigenvalue weighted by Crippen LogP contribution is -2.41.